The summed E-state index contributed by atoms with van der Waals surface area (Å²) in [6.07, 6.45) is -0.496. The summed E-state index contributed by atoms with van der Waals surface area (Å²) in [6.45, 7) is 0.625. The number of cyclic esters (lactones) is 1. The molecule has 5 unspecified atom stereocenters. The number of hydrogen-bond donors (Lipinski definition) is 2. The minimum atomic E-state index is -1.01. The monoisotopic (exact) mass is 542 g/mol. The van der Waals surface area contributed by atoms with Gasteiger partial charge in [0.25, 0.3) is 0 Å². The molecule has 0 radical (unpaired) electrons. The zero-order valence-corrected chi connectivity index (χ0v) is 22.7. The van der Waals surface area contributed by atoms with Gasteiger partial charge in [-0.05, 0) is 61.5 Å². The molecule has 11 heteroatoms. The van der Waals surface area contributed by atoms with Crippen molar-refractivity contribution in [3.63, 3.8) is 0 Å². The molecule has 0 aromatic heterocycles. The number of rotatable bonds is 8. The van der Waals surface area contributed by atoms with E-state index in [1.807, 2.05) is 31.1 Å². The van der Waals surface area contributed by atoms with E-state index >= 15 is 0 Å². The number of carboxylic acid groups (broad SMARTS) is 1. The van der Waals surface area contributed by atoms with Crippen LogP contribution in [0, 0.1) is 11.8 Å². The molecule has 5 atom stereocenters. The van der Waals surface area contributed by atoms with Gasteiger partial charge in [0, 0.05) is 37.4 Å². The molecule has 0 saturated carbocycles. The summed E-state index contributed by atoms with van der Waals surface area (Å²) >= 11 is 0. The summed E-state index contributed by atoms with van der Waals surface area (Å²) in [6, 6.07) is 7.28. The summed E-state index contributed by atoms with van der Waals surface area (Å²) in [7, 11) is 8.37. The zero-order valence-electron chi connectivity index (χ0n) is 22.7. The van der Waals surface area contributed by atoms with E-state index in [4.69, 9.17) is 23.7 Å². The van der Waals surface area contributed by atoms with Gasteiger partial charge < -0.3 is 43.7 Å². The quantitative estimate of drug-likeness (QED) is 0.481. The number of esters is 1. The molecule has 1 aliphatic carbocycles. The molecule has 5 rings (SSSR count). The Kier molecular flexibility index (Phi) is 7.11. The highest BCUT2D eigenvalue weighted by Crippen LogP contribution is 2.57. The standard InChI is InChI=1S/C28H34N2O9/c1-29(2)18(6-7-30(3)28(33)34)24-16-11-20-19(38-13-39-20)10-15(16)23(17-12-37-27(32)25(17)24)14-8-21(35-4)26(31)22(9-14)36-5/h8-11,17-18,23-25,31H,6-7,12-13H2,1-5H3,(H,33,34). The molecule has 1 amide bonds. The van der Waals surface area contributed by atoms with Crippen LogP contribution in [0.1, 0.15) is 34.9 Å². The number of phenols is 1. The van der Waals surface area contributed by atoms with Crippen LogP contribution in [-0.4, -0.2) is 93.4 Å². The highest BCUT2D eigenvalue weighted by atomic mass is 16.7. The second kappa shape index (κ2) is 10.4. The van der Waals surface area contributed by atoms with Gasteiger partial charge in [0.2, 0.25) is 12.5 Å². The molecule has 11 nitrogen and oxygen atoms in total. The maximum absolute atomic E-state index is 13.4. The summed E-state index contributed by atoms with van der Waals surface area (Å²) < 4.78 is 28.1. The highest BCUT2D eigenvalue weighted by molar-refractivity contribution is 5.78. The smallest absolute Gasteiger partial charge is 0.407 e. The van der Waals surface area contributed by atoms with Gasteiger partial charge in [-0.25, -0.2) is 4.79 Å². The highest BCUT2D eigenvalue weighted by Gasteiger charge is 2.54. The molecule has 0 spiro atoms. The topological polar surface area (TPSA) is 127 Å². The number of methoxy groups -OCH3 is 2. The first-order chi connectivity index (χ1) is 18.7. The number of nitrogens with zero attached hydrogens (tertiary/aromatic N) is 2. The third kappa shape index (κ3) is 4.54. The van der Waals surface area contributed by atoms with Crippen molar-refractivity contribution >= 4 is 12.1 Å². The molecule has 2 aliphatic heterocycles. The molecule has 3 aliphatic rings. The fourth-order valence-corrected chi connectivity index (χ4v) is 6.37. The second-order valence-electron chi connectivity index (χ2n) is 10.5. The molecule has 210 valence electrons. The van der Waals surface area contributed by atoms with Crippen molar-refractivity contribution in [3.8, 4) is 28.7 Å². The Labute approximate surface area is 226 Å². The Morgan fingerprint density at radius 1 is 1.03 bits per heavy atom. The predicted octanol–water partition coefficient (Wildman–Crippen LogP) is 3.09. The first-order valence-corrected chi connectivity index (χ1v) is 12.8. The Morgan fingerprint density at radius 3 is 2.21 bits per heavy atom. The van der Waals surface area contributed by atoms with Crippen molar-refractivity contribution < 1.29 is 43.5 Å². The van der Waals surface area contributed by atoms with Crippen LogP contribution in [0.2, 0.25) is 0 Å². The number of aromatic hydroxyl groups is 1. The van der Waals surface area contributed by atoms with Gasteiger partial charge in [-0.15, -0.1) is 0 Å². The summed E-state index contributed by atoms with van der Waals surface area (Å²) in [4.78, 5) is 28.2. The van der Waals surface area contributed by atoms with E-state index < -0.39 is 12.0 Å². The lowest BCUT2D eigenvalue weighted by Gasteiger charge is -2.44. The maximum Gasteiger partial charge on any atom is 0.407 e. The zero-order chi connectivity index (χ0) is 28.0. The van der Waals surface area contributed by atoms with Gasteiger partial charge in [0.05, 0.1) is 26.7 Å². The molecular weight excluding hydrogens is 508 g/mol. The van der Waals surface area contributed by atoms with Crippen molar-refractivity contribution in [1.29, 1.82) is 0 Å². The van der Waals surface area contributed by atoms with Crippen LogP contribution in [0.25, 0.3) is 0 Å². The van der Waals surface area contributed by atoms with Crippen LogP contribution in [0.5, 0.6) is 28.7 Å². The van der Waals surface area contributed by atoms with Crippen molar-refractivity contribution in [1.82, 2.24) is 9.80 Å². The summed E-state index contributed by atoms with van der Waals surface area (Å²) in [5.74, 6) is 0.0543. The van der Waals surface area contributed by atoms with Crippen molar-refractivity contribution in [3.05, 3.63) is 41.0 Å². The Bertz CT molecular complexity index is 1250. The van der Waals surface area contributed by atoms with Gasteiger partial charge >= 0.3 is 12.1 Å². The first-order valence-electron chi connectivity index (χ1n) is 12.8. The SMILES string of the molecule is COc1cc(C2c3cc4c(cc3C(C(CCN(C)C(=O)O)N(C)C)C3C(=O)OCC23)OCO4)cc(OC)c1O. The largest absolute Gasteiger partial charge is 0.502 e. The van der Waals surface area contributed by atoms with Crippen LogP contribution in [-0.2, 0) is 9.53 Å². The van der Waals surface area contributed by atoms with Gasteiger partial charge in [0.1, 0.15) is 0 Å². The molecule has 39 heavy (non-hydrogen) atoms. The maximum atomic E-state index is 13.4. The lowest BCUT2D eigenvalue weighted by Crippen LogP contribution is -2.46. The lowest BCUT2D eigenvalue weighted by molar-refractivity contribution is -0.142. The second-order valence-corrected chi connectivity index (χ2v) is 10.5. The van der Waals surface area contributed by atoms with E-state index in [-0.39, 0.29) is 60.4 Å². The molecule has 2 aromatic carbocycles. The number of likely N-dealkylation sites (N-methyl/N-ethyl adjacent to an activating group) is 1. The van der Waals surface area contributed by atoms with Gasteiger partial charge in [0.15, 0.2) is 23.0 Å². The number of phenolic OH excluding ortho intramolecular Hbond substituents is 1. The third-order valence-corrected chi connectivity index (χ3v) is 8.26. The number of fused-ring (bicyclic) bond motifs is 3. The summed E-state index contributed by atoms with van der Waals surface area (Å²) in [5, 5.41) is 20.0. The van der Waals surface area contributed by atoms with Crippen molar-refractivity contribution in [2.24, 2.45) is 11.8 Å². The molecule has 1 saturated heterocycles. The minimum absolute atomic E-state index is 0.101. The van der Waals surface area contributed by atoms with Crippen LogP contribution in [0.4, 0.5) is 4.79 Å². The van der Waals surface area contributed by atoms with E-state index in [0.29, 0.717) is 24.5 Å². The Hall–Kier alpha value is -3.86. The van der Waals surface area contributed by atoms with E-state index in [1.165, 1.54) is 26.2 Å². The van der Waals surface area contributed by atoms with Crippen molar-refractivity contribution in [2.45, 2.75) is 24.3 Å². The fourth-order valence-electron chi connectivity index (χ4n) is 6.37. The van der Waals surface area contributed by atoms with Gasteiger partial charge in [-0.2, -0.15) is 0 Å². The van der Waals surface area contributed by atoms with Crippen LogP contribution < -0.4 is 18.9 Å². The van der Waals surface area contributed by atoms with Crippen molar-refractivity contribution in [2.75, 3.05) is 55.3 Å². The first kappa shape index (κ1) is 26.7. The average Bonchev–Trinajstić information content (AvgIpc) is 3.53. The van der Waals surface area contributed by atoms with E-state index in [0.717, 1.165) is 16.7 Å². The summed E-state index contributed by atoms with van der Waals surface area (Å²) in [5.41, 5.74) is 2.68. The molecule has 1 fully saturated rings. The Morgan fingerprint density at radius 2 is 1.64 bits per heavy atom. The number of carbonyl (C=O) groups excluding carboxylic acids is 1. The van der Waals surface area contributed by atoms with Gasteiger partial charge in [-0.1, -0.05) is 0 Å². The Balaban J connectivity index is 1.69. The third-order valence-electron chi connectivity index (χ3n) is 8.26. The number of carbonyl (C=O) groups is 2. The average molecular weight is 543 g/mol. The van der Waals surface area contributed by atoms with Crippen LogP contribution in [0.15, 0.2) is 24.3 Å². The van der Waals surface area contributed by atoms with Crippen LogP contribution >= 0.6 is 0 Å². The molecule has 2 heterocycles. The molecular formula is C28H34N2O9. The predicted molar refractivity (Wildman–Crippen MR) is 139 cm³/mol. The van der Waals surface area contributed by atoms with E-state index in [9.17, 15) is 19.8 Å². The normalized spacial score (nSPS) is 23.6. The number of hydrogen-bond acceptors (Lipinski definition) is 9. The number of amides is 1. The van der Waals surface area contributed by atoms with E-state index in [1.54, 1.807) is 12.1 Å². The molecule has 2 aromatic rings. The molecule has 0 bridgehead atoms. The lowest BCUT2D eigenvalue weighted by atomic mass is 9.60. The van der Waals surface area contributed by atoms with Crippen LogP contribution in [0.3, 0.4) is 0 Å². The van der Waals surface area contributed by atoms with Gasteiger partial charge in [-0.3, -0.25) is 4.79 Å². The fraction of sp³-hybridized carbons (Fsp3) is 0.500. The number of ether oxygens (including phenoxy) is 5. The molecule has 2 N–H and O–H groups in total. The minimum Gasteiger partial charge on any atom is -0.502 e. The number of benzene rings is 2. The van der Waals surface area contributed by atoms with E-state index in [2.05, 4.69) is 0 Å².